The summed E-state index contributed by atoms with van der Waals surface area (Å²) in [7, 11) is 1.60. The van der Waals surface area contributed by atoms with Gasteiger partial charge in [0.05, 0.1) is 23.7 Å². The van der Waals surface area contributed by atoms with Gasteiger partial charge in [0.15, 0.2) is 5.82 Å². The van der Waals surface area contributed by atoms with Gasteiger partial charge in [0.2, 0.25) is 0 Å². The molecule has 0 aromatic heterocycles. The third kappa shape index (κ3) is 2.70. The van der Waals surface area contributed by atoms with Gasteiger partial charge in [-0.2, -0.15) is 0 Å². The van der Waals surface area contributed by atoms with Crippen LogP contribution in [0.15, 0.2) is 6.07 Å². The van der Waals surface area contributed by atoms with E-state index in [-0.39, 0.29) is 22.1 Å². The van der Waals surface area contributed by atoms with Crippen LogP contribution < -0.4 is 16.8 Å². The number of benzene rings is 1. The average molecular weight is 290 g/mol. The molecule has 7 heteroatoms. The molecule has 0 spiro atoms. The molecule has 19 heavy (non-hydrogen) atoms. The van der Waals surface area contributed by atoms with Crippen LogP contribution in [0, 0.1) is 5.82 Å². The van der Waals surface area contributed by atoms with E-state index in [0.29, 0.717) is 19.8 Å². The highest BCUT2D eigenvalue weighted by Gasteiger charge is 2.35. The molecule has 2 rings (SSSR count). The molecule has 0 amide bonds. The molecule has 0 saturated carbocycles. The van der Waals surface area contributed by atoms with Gasteiger partial charge in [-0.3, -0.25) is 0 Å². The minimum absolute atomic E-state index is 0.118. The Balaban J connectivity index is 2.18. The molecule has 1 aromatic rings. The number of anilines is 3. The quantitative estimate of drug-likeness (QED) is 0.737. The van der Waals surface area contributed by atoms with Crippen molar-refractivity contribution in [3.05, 3.63) is 16.9 Å². The molecule has 0 radical (unpaired) electrons. The highest BCUT2D eigenvalue weighted by Crippen LogP contribution is 2.34. The minimum Gasteiger partial charge on any atom is -0.397 e. The van der Waals surface area contributed by atoms with Crippen molar-refractivity contribution in [2.45, 2.75) is 12.0 Å². The molecule has 1 atom stereocenters. The summed E-state index contributed by atoms with van der Waals surface area (Å²) in [6, 6.07) is 1.43. The molecular formula is C12H17ClFN3O2. The summed E-state index contributed by atoms with van der Waals surface area (Å²) in [6.07, 6.45) is 0.737. The van der Waals surface area contributed by atoms with Crippen molar-refractivity contribution in [1.29, 1.82) is 0 Å². The first-order valence-corrected chi connectivity index (χ1v) is 6.26. The van der Waals surface area contributed by atoms with E-state index in [4.69, 9.17) is 32.5 Å². The molecule has 1 unspecified atom stereocenters. The fourth-order valence-corrected chi connectivity index (χ4v) is 2.21. The number of rotatable bonds is 4. The first kappa shape index (κ1) is 14.2. The SMILES string of the molecule is COC1(CNc2c(N)cc(N)c(Cl)c2F)CCOC1. The molecule has 1 fully saturated rings. The summed E-state index contributed by atoms with van der Waals surface area (Å²) >= 11 is 5.77. The van der Waals surface area contributed by atoms with Crippen LogP contribution in [-0.4, -0.2) is 32.5 Å². The molecule has 1 aliphatic heterocycles. The summed E-state index contributed by atoms with van der Waals surface area (Å²) in [4.78, 5) is 0. The van der Waals surface area contributed by atoms with Crippen LogP contribution in [0.25, 0.3) is 0 Å². The van der Waals surface area contributed by atoms with Crippen LogP contribution >= 0.6 is 11.6 Å². The highest BCUT2D eigenvalue weighted by molar-refractivity contribution is 6.33. The first-order valence-electron chi connectivity index (χ1n) is 5.89. The molecule has 106 valence electrons. The Morgan fingerprint density at radius 1 is 1.53 bits per heavy atom. The van der Waals surface area contributed by atoms with Crippen molar-refractivity contribution in [3.63, 3.8) is 0 Å². The van der Waals surface area contributed by atoms with Gasteiger partial charge in [0.25, 0.3) is 0 Å². The van der Waals surface area contributed by atoms with E-state index in [1.165, 1.54) is 6.07 Å². The van der Waals surface area contributed by atoms with Crippen molar-refractivity contribution in [2.75, 3.05) is 43.7 Å². The molecule has 1 aromatic carbocycles. The summed E-state index contributed by atoms with van der Waals surface area (Å²) in [5.74, 6) is -0.649. The van der Waals surface area contributed by atoms with Gasteiger partial charge in [-0.1, -0.05) is 11.6 Å². The molecule has 1 heterocycles. The maximum atomic E-state index is 14.0. The second-order valence-corrected chi connectivity index (χ2v) is 4.98. The lowest BCUT2D eigenvalue weighted by Gasteiger charge is -2.27. The summed E-state index contributed by atoms with van der Waals surface area (Å²) in [5.41, 5.74) is 11.3. The monoisotopic (exact) mass is 289 g/mol. The van der Waals surface area contributed by atoms with E-state index in [1.807, 2.05) is 0 Å². The van der Waals surface area contributed by atoms with E-state index in [9.17, 15) is 4.39 Å². The molecule has 0 bridgehead atoms. The maximum absolute atomic E-state index is 14.0. The van der Waals surface area contributed by atoms with Gasteiger partial charge in [-0.15, -0.1) is 0 Å². The maximum Gasteiger partial charge on any atom is 0.169 e. The van der Waals surface area contributed by atoms with E-state index in [2.05, 4.69) is 5.32 Å². The van der Waals surface area contributed by atoms with Crippen LogP contribution in [0.2, 0.25) is 5.02 Å². The second-order valence-electron chi connectivity index (χ2n) is 4.60. The first-order chi connectivity index (χ1) is 8.99. The fourth-order valence-electron chi connectivity index (χ4n) is 2.06. The zero-order valence-corrected chi connectivity index (χ0v) is 11.4. The highest BCUT2D eigenvalue weighted by atomic mass is 35.5. The topological polar surface area (TPSA) is 82.5 Å². The van der Waals surface area contributed by atoms with Crippen molar-refractivity contribution < 1.29 is 13.9 Å². The van der Waals surface area contributed by atoms with Gasteiger partial charge in [0, 0.05) is 26.7 Å². The standard InChI is InChI=1S/C12H17ClFN3O2/c1-18-12(2-3-19-6-12)5-17-11-8(16)4-7(15)9(13)10(11)14/h4,17H,2-3,5-6,15-16H2,1H3. The molecule has 5 N–H and O–H groups in total. The third-order valence-corrected chi connectivity index (χ3v) is 3.74. The Kier molecular flexibility index (Phi) is 4.03. The Labute approximate surface area is 116 Å². The van der Waals surface area contributed by atoms with Crippen molar-refractivity contribution in [3.8, 4) is 0 Å². The molecule has 1 saturated heterocycles. The van der Waals surface area contributed by atoms with Crippen molar-refractivity contribution >= 4 is 28.7 Å². The largest absolute Gasteiger partial charge is 0.397 e. The molecular weight excluding hydrogens is 273 g/mol. The van der Waals surface area contributed by atoms with Crippen molar-refractivity contribution in [1.82, 2.24) is 0 Å². The Morgan fingerprint density at radius 3 is 2.84 bits per heavy atom. The van der Waals surface area contributed by atoms with E-state index in [0.717, 1.165) is 6.42 Å². The Morgan fingerprint density at radius 2 is 2.26 bits per heavy atom. The zero-order valence-electron chi connectivity index (χ0n) is 10.6. The lowest BCUT2D eigenvalue weighted by atomic mass is 10.0. The summed E-state index contributed by atoms with van der Waals surface area (Å²) in [5, 5.41) is 2.80. The van der Waals surface area contributed by atoms with Gasteiger partial charge >= 0.3 is 0 Å². The smallest absolute Gasteiger partial charge is 0.169 e. The summed E-state index contributed by atoms with van der Waals surface area (Å²) in [6.45, 7) is 1.46. The number of hydrogen-bond donors (Lipinski definition) is 3. The Bertz CT molecular complexity index is 479. The van der Waals surface area contributed by atoms with Crippen molar-refractivity contribution in [2.24, 2.45) is 0 Å². The number of nitrogen functional groups attached to an aromatic ring is 2. The molecule has 1 aliphatic rings. The average Bonchev–Trinajstić information content (AvgIpc) is 2.85. The number of nitrogens with two attached hydrogens (primary N) is 2. The lowest BCUT2D eigenvalue weighted by Crippen LogP contribution is -2.39. The van der Waals surface area contributed by atoms with Crippen LogP contribution in [0.1, 0.15) is 6.42 Å². The normalized spacial score (nSPS) is 22.7. The van der Waals surface area contributed by atoms with Gasteiger partial charge in [-0.05, 0) is 6.07 Å². The third-order valence-electron chi connectivity index (χ3n) is 3.35. The predicted molar refractivity (Wildman–Crippen MR) is 73.9 cm³/mol. The number of methoxy groups -OCH3 is 1. The zero-order chi connectivity index (χ0) is 14.0. The van der Waals surface area contributed by atoms with E-state index in [1.54, 1.807) is 7.11 Å². The number of hydrogen-bond acceptors (Lipinski definition) is 5. The molecule has 5 nitrogen and oxygen atoms in total. The lowest BCUT2D eigenvalue weighted by molar-refractivity contribution is -0.00622. The van der Waals surface area contributed by atoms with Crippen LogP contribution in [0.3, 0.4) is 0 Å². The van der Waals surface area contributed by atoms with Crippen LogP contribution in [-0.2, 0) is 9.47 Å². The van der Waals surface area contributed by atoms with Crippen LogP contribution in [0.5, 0.6) is 0 Å². The minimum atomic E-state index is -0.649. The van der Waals surface area contributed by atoms with E-state index < -0.39 is 11.4 Å². The Hall–Kier alpha value is -1.24. The van der Waals surface area contributed by atoms with Crippen LogP contribution in [0.4, 0.5) is 21.5 Å². The van der Waals surface area contributed by atoms with Gasteiger partial charge in [-0.25, -0.2) is 4.39 Å². The van der Waals surface area contributed by atoms with Gasteiger partial charge < -0.3 is 26.3 Å². The summed E-state index contributed by atoms with van der Waals surface area (Å²) < 4.78 is 24.8. The second kappa shape index (κ2) is 5.40. The number of ether oxygens (including phenoxy) is 2. The van der Waals surface area contributed by atoms with E-state index >= 15 is 0 Å². The number of halogens is 2. The number of nitrogens with one attached hydrogen (secondary N) is 1. The fraction of sp³-hybridized carbons (Fsp3) is 0.500. The van der Waals surface area contributed by atoms with Gasteiger partial charge in [0.1, 0.15) is 10.6 Å². The predicted octanol–water partition coefficient (Wildman–Crippen LogP) is 1.86. The molecule has 0 aliphatic carbocycles.